The SMILES string of the molecule is O=C(Cc1ccc(F)c(F)c1)Nc1nc2c(nc1C=Cc1ccccc1)-c1ccc(O)cc1CC2. The van der Waals surface area contributed by atoms with E-state index < -0.39 is 17.5 Å². The molecule has 1 heterocycles. The molecular formula is C28H21F2N3O2. The Morgan fingerprint density at radius 1 is 0.943 bits per heavy atom. The number of carbonyl (C=O) groups excluding carboxylic acids is 1. The van der Waals surface area contributed by atoms with Crippen LogP contribution in [0.25, 0.3) is 23.4 Å². The first-order chi connectivity index (χ1) is 17.0. The zero-order chi connectivity index (χ0) is 24.4. The first-order valence-electron chi connectivity index (χ1n) is 11.2. The van der Waals surface area contributed by atoms with Crippen molar-refractivity contribution in [1.82, 2.24) is 9.97 Å². The molecule has 2 N–H and O–H groups in total. The lowest BCUT2D eigenvalue weighted by Gasteiger charge is -2.20. The van der Waals surface area contributed by atoms with Crippen molar-refractivity contribution in [2.75, 3.05) is 5.32 Å². The summed E-state index contributed by atoms with van der Waals surface area (Å²) < 4.78 is 26.8. The third-order valence-corrected chi connectivity index (χ3v) is 5.81. The highest BCUT2D eigenvalue weighted by Crippen LogP contribution is 2.35. The Balaban J connectivity index is 1.50. The van der Waals surface area contributed by atoms with Gasteiger partial charge in [-0.05, 0) is 65.9 Å². The van der Waals surface area contributed by atoms with Crippen molar-refractivity contribution in [3.05, 3.63) is 106 Å². The number of nitrogens with one attached hydrogen (secondary N) is 1. The van der Waals surface area contributed by atoms with Crippen LogP contribution in [0, 0.1) is 11.6 Å². The minimum atomic E-state index is -1.000. The highest BCUT2D eigenvalue weighted by atomic mass is 19.2. The van der Waals surface area contributed by atoms with E-state index in [-0.39, 0.29) is 12.2 Å². The van der Waals surface area contributed by atoms with Crippen molar-refractivity contribution in [2.45, 2.75) is 19.3 Å². The van der Waals surface area contributed by atoms with Crippen molar-refractivity contribution < 1.29 is 18.7 Å². The van der Waals surface area contributed by atoms with Gasteiger partial charge in [-0.15, -0.1) is 0 Å². The average Bonchev–Trinajstić information content (AvgIpc) is 2.85. The molecule has 0 fully saturated rings. The molecule has 174 valence electrons. The number of halogens is 2. The lowest BCUT2D eigenvalue weighted by atomic mass is 9.91. The van der Waals surface area contributed by atoms with E-state index in [9.17, 15) is 18.7 Å². The molecule has 5 nitrogen and oxygen atoms in total. The molecule has 7 heteroatoms. The number of aromatic hydroxyl groups is 1. The van der Waals surface area contributed by atoms with Crippen LogP contribution in [0.2, 0.25) is 0 Å². The topological polar surface area (TPSA) is 75.1 Å². The summed E-state index contributed by atoms with van der Waals surface area (Å²) in [6, 6.07) is 18.2. The number of phenols is 1. The monoisotopic (exact) mass is 469 g/mol. The molecule has 0 saturated carbocycles. The predicted octanol–water partition coefficient (Wildman–Crippen LogP) is 5.58. The summed E-state index contributed by atoms with van der Waals surface area (Å²) >= 11 is 0. The molecule has 35 heavy (non-hydrogen) atoms. The van der Waals surface area contributed by atoms with Gasteiger partial charge in [-0.3, -0.25) is 4.79 Å². The summed E-state index contributed by atoms with van der Waals surface area (Å²) in [6.45, 7) is 0. The first-order valence-corrected chi connectivity index (χ1v) is 11.2. The highest BCUT2D eigenvalue weighted by molar-refractivity contribution is 5.94. The Hall–Kier alpha value is -4.39. The van der Waals surface area contributed by atoms with Crippen LogP contribution in [0.4, 0.5) is 14.6 Å². The fourth-order valence-electron chi connectivity index (χ4n) is 4.10. The van der Waals surface area contributed by atoms with E-state index in [0.29, 0.717) is 35.6 Å². The van der Waals surface area contributed by atoms with E-state index in [1.807, 2.05) is 42.5 Å². The number of anilines is 1. The first kappa shape index (κ1) is 22.4. The third kappa shape index (κ3) is 4.94. The molecule has 5 rings (SSSR count). The van der Waals surface area contributed by atoms with E-state index in [2.05, 4.69) is 5.32 Å². The number of amides is 1. The molecular weight excluding hydrogens is 448 g/mol. The molecule has 0 saturated heterocycles. The molecule has 1 amide bonds. The van der Waals surface area contributed by atoms with Crippen molar-refractivity contribution in [2.24, 2.45) is 0 Å². The summed E-state index contributed by atoms with van der Waals surface area (Å²) in [7, 11) is 0. The molecule has 0 bridgehead atoms. The second-order valence-electron chi connectivity index (χ2n) is 8.31. The Morgan fingerprint density at radius 3 is 2.57 bits per heavy atom. The van der Waals surface area contributed by atoms with Crippen LogP contribution in [0.1, 0.15) is 28.1 Å². The molecule has 0 aliphatic heterocycles. The van der Waals surface area contributed by atoms with E-state index in [4.69, 9.17) is 9.97 Å². The van der Waals surface area contributed by atoms with Gasteiger partial charge in [0.2, 0.25) is 5.91 Å². The van der Waals surface area contributed by atoms with Gasteiger partial charge in [0.15, 0.2) is 17.5 Å². The predicted molar refractivity (Wildman–Crippen MR) is 131 cm³/mol. The number of aryl methyl sites for hydroxylation is 2. The molecule has 1 aromatic heterocycles. The van der Waals surface area contributed by atoms with Gasteiger partial charge >= 0.3 is 0 Å². The standard InChI is InChI=1S/C28H21F2N3O2/c29-22-11-6-18(14-23(22)30)15-26(35)33-28-25(12-7-17-4-2-1-3-5-17)31-27-21-10-9-20(34)16-19(21)8-13-24(27)32-28/h1-7,9-12,14,16,34H,8,13,15H2,(H,32,33,35). The number of carbonyl (C=O) groups is 1. The number of hydrogen-bond donors (Lipinski definition) is 2. The zero-order valence-corrected chi connectivity index (χ0v) is 18.6. The minimum absolute atomic E-state index is 0.139. The van der Waals surface area contributed by atoms with Crippen molar-refractivity contribution in [3.8, 4) is 17.0 Å². The van der Waals surface area contributed by atoms with Gasteiger partial charge in [0.25, 0.3) is 0 Å². The lowest BCUT2D eigenvalue weighted by Crippen LogP contribution is -2.19. The van der Waals surface area contributed by atoms with Crippen LogP contribution in [-0.4, -0.2) is 21.0 Å². The second-order valence-corrected chi connectivity index (χ2v) is 8.31. The normalized spacial score (nSPS) is 12.3. The fraction of sp³-hybridized carbons (Fsp3) is 0.107. The highest BCUT2D eigenvalue weighted by Gasteiger charge is 2.22. The summed E-state index contributed by atoms with van der Waals surface area (Å²) in [6.07, 6.45) is 4.81. The summed E-state index contributed by atoms with van der Waals surface area (Å²) in [5.74, 6) is -1.88. The van der Waals surface area contributed by atoms with E-state index in [1.54, 1.807) is 18.2 Å². The number of fused-ring (bicyclic) bond motifs is 3. The maximum absolute atomic E-state index is 13.6. The Kier molecular flexibility index (Phi) is 6.06. The van der Waals surface area contributed by atoms with E-state index >= 15 is 0 Å². The third-order valence-electron chi connectivity index (χ3n) is 5.81. The number of phenolic OH excluding ortho intramolecular Hbond substituents is 1. The summed E-state index contributed by atoms with van der Waals surface area (Å²) in [4.78, 5) is 22.3. The molecule has 1 aliphatic rings. The summed E-state index contributed by atoms with van der Waals surface area (Å²) in [5.41, 5.74) is 5.09. The Bertz CT molecular complexity index is 1450. The van der Waals surface area contributed by atoms with Crippen LogP contribution in [0.5, 0.6) is 5.75 Å². The minimum Gasteiger partial charge on any atom is -0.508 e. The average molecular weight is 469 g/mol. The Labute approximate surface area is 200 Å². The maximum atomic E-state index is 13.6. The smallest absolute Gasteiger partial charge is 0.230 e. The Morgan fingerprint density at radius 2 is 1.77 bits per heavy atom. The van der Waals surface area contributed by atoms with Gasteiger partial charge < -0.3 is 10.4 Å². The molecule has 0 unspecified atom stereocenters. The van der Waals surface area contributed by atoms with Gasteiger partial charge in [0.05, 0.1) is 17.8 Å². The van der Waals surface area contributed by atoms with Crippen molar-refractivity contribution in [1.29, 1.82) is 0 Å². The molecule has 4 aromatic rings. The molecule has 1 aliphatic carbocycles. The van der Waals surface area contributed by atoms with Crippen LogP contribution in [0.3, 0.4) is 0 Å². The maximum Gasteiger partial charge on any atom is 0.230 e. The van der Waals surface area contributed by atoms with E-state index in [1.165, 1.54) is 6.07 Å². The largest absolute Gasteiger partial charge is 0.508 e. The van der Waals surface area contributed by atoms with Gasteiger partial charge in [-0.1, -0.05) is 42.5 Å². The van der Waals surface area contributed by atoms with E-state index in [0.717, 1.165) is 34.5 Å². The number of benzene rings is 3. The van der Waals surface area contributed by atoms with Crippen LogP contribution >= 0.6 is 0 Å². The lowest BCUT2D eigenvalue weighted by molar-refractivity contribution is -0.115. The molecule has 3 aromatic carbocycles. The van der Waals surface area contributed by atoms with Gasteiger partial charge in [-0.25, -0.2) is 18.7 Å². The van der Waals surface area contributed by atoms with Gasteiger partial charge in [0, 0.05) is 5.56 Å². The molecule has 0 atom stereocenters. The summed E-state index contributed by atoms with van der Waals surface area (Å²) in [5, 5.41) is 12.7. The van der Waals surface area contributed by atoms with Crippen LogP contribution in [0.15, 0.2) is 66.7 Å². The van der Waals surface area contributed by atoms with Crippen LogP contribution in [-0.2, 0) is 24.1 Å². The van der Waals surface area contributed by atoms with Crippen molar-refractivity contribution >= 4 is 23.9 Å². The van der Waals surface area contributed by atoms with Gasteiger partial charge in [0.1, 0.15) is 11.4 Å². The molecule has 0 spiro atoms. The molecule has 0 radical (unpaired) electrons. The number of hydrogen-bond acceptors (Lipinski definition) is 4. The number of nitrogens with zero attached hydrogens (tertiary/aromatic N) is 2. The van der Waals surface area contributed by atoms with Crippen molar-refractivity contribution in [3.63, 3.8) is 0 Å². The number of aromatic nitrogens is 2. The fourth-order valence-corrected chi connectivity index (χ4v) is 4.10. The quantitative estimate of drug-likeness (QED) is 0.400. The zero-order valence-electron chi connectivity index (χ0n) is 18.6. The van der Waals surface area contributed by atoms with Gasteiger partial charge in [-0.2, -0.15) is 0 Å². The number of rotatable bonds is 5. The second kappa shape index (κ2) is 9.46. The van der Waals surface area contributed by atoms with Crippen LogP contribution < -0.4 is 5.32 Å².